The second kappa shape index (κ2) is 8.96. The van der Waals surface area contributed by atoms with Crippen molar-refractivity contribution in [3.63, 3.8) is 0 Å². The van der Waals surface area contributed by atoms with Crippen molar-refractivity contribution in [2.45, 2.75) is 13.5 Å². The molecule has 6 nitrogen and oxygen atoms in total. The van der Waals surface area contributed by atoms with Crippen molar-refractivity contribution in [3.8, 4) is 11.3 Å². The first kappa shape index (κ1) is 19.9. The van der Waals surface area contributed by atoms with E-state index in [1.807, 2.05) is 18.2 Å². The third kappa shape index (κ3) is 4.44. The van der Waals surface area contributed by atoms with Gasteiger partial charge in [0.05, 0.1) is 0 Å². The van der Waals surface area contributed by atoms with Gasteiger partial charge in [-0.3, -0.25) is 4.90 Å². The zero-order valence-electron chi connectivity index (χ0n) is 16.5. The van der Waals surface area contributed by atoms with E-state index in [2.05, 4.69) is 44.4 Å². The molecule has 0 saturated carbocycles. The Bertz CT molecular complexity index is 1110. The van der Waals surface area contributed by atoms with E-state index in [-0.39, 0.29) is 11.3 Å². The average molecular weight is 409 g/mol. The maximum absolute atomic E-state index is 13.7. The molecular weight excluding hydrogens is 388 g/mol. The van der Waals surface area contributed by atoms with E-state index in [1.54, 1.807) is 0 Å². The summed E-state index contributed by atoms with van der Waals surface area (Å²) in [5.41, 5.74) is 2.06. The molecule has 0 radical (unpaired) electrons. The molecule has 1 N–H and O–H groups in total. The average Bonchev–Trinajstić information content (AvgIpc) is 3.18. The maximum atomic E-state index is 13.7. The molecule has 0 unspecified atom stereocenters. The van der Waals surface area contributed by atoms with Crippen LogP contribution in [0.3, 0.4) is 0 Å². The van der Waals surface area contributed by atoms with E-state index in [0.717, 1.165) is 25.7 Å². The van der Waals surface area contributed by atoms with E-state index in [4.69, 9.17) is 4.52 Å². The molecule has 0 amide bonds. The number of hydrogen-bond donors (Lipinski definition) is 1. The number of halogens is 2. The summed E-state index contributed by atoms with van der Waals surface area (Å²) >= 11 is 0. The van der Waals surface area contributed by atoms with Crippen molar-refractivity contribution in [3.05, 3.63) is 72.1 Å². The third-order valence-corrected chi connectivity index (χ3v) is 4.83. The maximum Gasteiger partial charge on any atom is 0.263 e. The highest BCUT2D eigenvalue weighted by Gasteiger charge is 2.18. The molecule has 2 aromatic carbocycles. The Labute approximate surface area is 172 Å². The van der Waals surface area contributed by atoms with Crippen LogP contribution < -0.4 is 5.32 Å². The number of hydrogen-bond acceptors (Lipinski definition) is 6. The lowest BCUT2D eigenvalue weighted by Gasteiger charge is -2.20. The highest BCUT2D eigenvalue weighted by molar-refractivity contribution is 5.97. The van der Waals surface area contributed by atoms with Gasteiger partial charge >= 0.3 is 0 Å². The van der Waals surface area contributed by atoms with E-state index in [1.165, 1.54) is 24.0 Å². The summed E-state index contributed by atoms with van der Waals surface area (Å²) in [5.74, 6) is -0.865. The van der Waals surface area contributed by atoms with Crippen LogP contribution >= 0.6 is 0 Å². The van der Waals surface area contributed by atoms with Crippen molar-refractivity contribution in [2.75, 3.05) is 25.0 Å². The Morgan fingerprint density at radius 3 is 2.53 bits per heavy atom. The van der Waals surface area contributed by atoms with Crippen molar-refractivity contribution in [1.29, 1.82) is 0 Å². The first-order valence-corrected chi connectivity index (χ1v) is 9.71. The Kier molecular flexibility index (Phi) is 5.94. The molecule has 4 aromatic rings. The van der Waals surface area contributed by atoms with Gasteiger partial charge in [-0.15, -0.1) is 0 Å². The number of nitrogens with zero attached hydrogens (tertiary/aromatic N) is 4. The molecule has 0 fully saturated rings. The fourth-order valence-electron chi connectivity index (χ4n) is 3.33. The molecule has 2 heterocycles. The van der Waals surface area contributed by atoms with Gasteiger partial charge in [0.15, 0.2) is 0 Å². The van der Waals surface area contributed by atoms with Gasteiger partial charge in [0.25, 0.3) is 5.71 Å². The monoisotopic (exact) mass is 409 g/mol. The van der Waals surface area contributed by atoms with Crippen LogP contribution in [0.2, 0.25) is 0 Å². The molecule has 0 bridgehead atoms. The molecule has 0 saturated heterocycles. The fraction of sp³-hybridized carbons (Fsp3) is 0.227. The van der Waals surface area contributed by atoms with Gasteiger partial charge < -0.3 is 9.84 Å². The van der Waals surface area contributed by atoms with Crippen LogP contribution in [0.5, 0.6) is 0 Å². The second-order valence-electron chi connectivity index (χ2n) is 6.87. The van der Waals surface area contributed by atoms with Crippen molar-refractivity contribution < 1.29 is 13.3 Å². The molecule has 2 aromatic heterocycles. The number of likely N-dealkylation sites (N-methyl/N-ethyl adjacent to an activating group) is 1. The zero-order chi connectivity index (χ0) is 20.9. The summed E-state index contributed by atoms with van der Waals surface area (Å²) in [6, 6.07) is 13.5. The Morgan fingerprint density at radius 2 is 1.80 bits per heavy atom. The van der Waals surface area contributed by atoms with E-state index in [9.17, 15) is 8.78 Å². The molecule has 0 aliphatic heterocycles. The number of rotatable bonds is 8. The van der Waals surface area contributed by atoms with Gasteiger partial charge in [0.2, 0.25) is 0 Å². The molecule has 0 aliphatic rings. The van der Waals surface area contributed by atoms with Gasteiger partial charge in [-0.1, -0.05) is 42.4 Å². The van der Waals surface area contributed by atoms with Crippen LogP contribution in [0.25, 0.3) is 22.4 Å². The summed E-state index contributed by atoms with van der Waals surface area (Å²) in [6.45, 7) is 5.26. The molecular formula is C22H21F2N5O. The minimum Gasteiger partial charge on any atom is -0.368 e. The lowest BCUT2D eigenvalue weighted by molar-refractivity contribution is 0.291. The predicted octanol–water partition coefficient (Wildman–Crippen LogP) is 4.50. The molecule has 154 valence electrons. The smallest absolute Gasteiger partial charge is 0.263 e. The van der Waals surface area contributed by atoms with Crippen LogP contribution in [-0.4, -0.2) is 39.7 Å². The van der Waals surface area contributed by atoms with Crippen molar-refractivity contribution in [1.82, 2.24) is 20.0 Å². The fourth-order valence-corrected chi connectivity index (χ4v) is 3.33. The minimum absolute atomic E-state index is 0.254. The Balaban J connectivity index is 1.52. The first-order chi connectivity index (χ1) is 14.6. The zero-order valence-corrected chi connectivity index (χ0v) is 16.5. The summed E-state index contributed by atoms with van der Waals surface area (Å²) in [4.78, 5) is 10.7. The summed E-state index contributed by atoms with van der Waals surface area (Å²) in [7, 11) is 0. The lowest BCUT2D eigenvalue weighted by Crippen LogP contribution is -2.28. The van der Waals surface area contributed by atoms with Crippen LogP contribution in [0, 0.1) is 11.6 Å². The minimum atomic E-state index is -0.688. The molecule has 0 atom stereocenters. The second-order valence-corrected chi connectivity index (χ2v) is 6.87. The summed E-state index contributed by atoms with van der Waals surface area (Å²) < 4.78 is 32.6. The van der Waals surface area contributed by atoms with Crippen LogP contribution in [0.1, 0.15) is 12.5 Å². The van der Waals surface area contributed by atoms with Crippen LogP contribution in [-0.2, 0) is 6.54 Å². The SMILES string of the molecule is CCN(CCNc1ncnc2onc(-c3cc(F)cc(F)c3)c12)Cc1ccccc1. The number of benzene rings is 2. The van der Waals surface area contributed by atoms with E-state index in [0.29, 0.717) is 23.4 Å². The van der Waals surface area contributed by atoms with Crippen LogP contribution in [0.15, 0.2) is 59.4 Å². The number of anilines is 1. The van der Waals surface area contributed by atoms with Gasteiger partial charge in [0, 0.05) is 31.3 Å². The number of nitrogens with one attached hydrogen (secondary N) is 1. The molecule has 8 heteroatoms. The largest absolute Gasteiger partial charge is 0.368 e. The first-order valence-electron chi connectivity index (χ1n) is 9.71. The quantitative estimate of drug-likeness (QED) is 0.462. The topological polar surface area (TPSA) is 67.1 Å². The number of fused-ring (bicyclic) bond motifs is 1. The Morgan fingerprint density at radius 1 is 1.03 bits per heavy atom. The van der Waals surface area contributed by atoms with Crippen molar-refractivity contribution >= 4 is 16.9 Å². The van der Waals surface area contributed by atoms with Crippen LogP contribution in [0.4, 0.5) is 14.6 Å². The highest BCUT2D eigenvalue weighted by Crippen LogP contribution is 2.31. The number of aromatic nitrogens is 3. The van der Waals surface area contributed by atoms with Gasteiger partial charge in [-0.05, 0) is 24.2 Å². The summed E-state index contributed by atoms with van der Waals surface area (Å²) in [5, 5.41) is 7.74. The van der Waals surface area contributed by atoms with E-state index >= 15 is 0 Å². The molecule has 30 heavy (non-hydrogen) atoms. The van der Waals surface area contributed by atoms with Gasteiger partial charge in [0.1, 0.15) is 34.9 Å². The lowest BCUT2D eigenvalue weighted by atomic mass is 10.1. The molecule has 0 aliphatic carbocycles. The van der Waals surface area contributed by atoms with Gasteiger partial charge in [-0.2, -0.15) is 4.98 Å². The molecule has 0 spiro atoms. The summed E-state index contributed by atoms with van der Waals surface area (Å²) in [6.07, 6.45) is 1.37. The third-order valence-electron chi connectivity index (χ3n) is 4.83. The van der Waals surface area contributed by atoms with E-state index < -0.39 is 11.6 Å². The normalized spacial score (nSPS) is 11.3. The predicted molar refractivity (Wildman–Crippen MR) is 111 cm³/mol. The van der Waals surface area contributed by atoms with Crippen molar-refractivity contribution in [2.24, 2.45) is 0 Å². The standard InChI is InChI=1S/C22H21F2N5O/c1-2-29(13-15-6-4-3-5-7-15)9-8-25-21-19-20(28-30-22(19)27-14-26-21)16-10-17(23)12-18(24)11-16/h3-7,10-12,14H,2,8-9,13H2,1H3,(H,25,26,27). The Hall–Kier alpha value is -3.39. The molecule has 4 rings (SSSR count). The highest BCUT2D eigenvalue weighted by atomic mass is 19.1. The van der Waals surface area contributed by atoms with Gasteiger partial charge in [-0.25, -0.2) is 13.8 Å².